The molecule has 28 heavy (non-hydrogen) atoms. The summed E-state index contributed by atoms with van der Waals surface area (Å²) in [6, 6.07) is 10.7. The summed E-state index contributed by atoms with van der Waals surface area (Å²) in [7, 11) is 1.58. The minimum atomic E-state index is -0.678. The third-order valence-corrected chi connectivity index (χ3v) is 4.65. The first-order chi connectivity index (χ1) is 13.5. The molecular formula is C21H17F2N3O2. The summed E-state index contributed by atoms with van der Waals surface area (Å²) in [5.41, 5.74) is 2.65. The second-order valence-electron chi connectivity index (χ2n) is 6.45. The van der Waals surface area contributed by atoms with Gasteiger partial charge in [0, 0.05) is 29.0 Å². The Morgan fingerprint density at radius 2 is 1.89 bits per heavy atom. The van der Waals surface area contributed by atoms with Crippen LogP contribution in [0.15, 0.2) is 59.7 Å². The van der Waals surface area contributed by atoms with Gasteiger partial charge >= 0.3 is 0 Å². The number of carbonyl (C=O) groups is 1. The molecule has 2 heterocycles. The number of halogens is 2. The maximum Gasteiger partial charge on any atom is 0.271 e. The summed E-state index contributed by atoms with van der Waals surface area (Å²) in [5, 5.41) is 8.84. The highest BCUT2D eigenvalue weighted by Crippen LogP contribution is 2.29. The van der Waals surface area contributed by atoms with Crippen molar-refractivity contribution in [3.05, 3.63) is 77.4 Å². The van der Waals surface area contributed by atoms with E-state index in [0.29, 0.717) is 22.7 Å². The first-order valence-corrected chi connectivity index (χ1v) is 8.65. The molecule has 5 nitrogen and oxygen atoms in total. The van der Waals surface area contributed by atoms with Crippen LogP contribution in [0.5, 0.6) is 5.75 Å². The molecule has 0 fully saturated rings. The Kier molecular flexibility index (Phi) is 4.43. The van der Waals surface area contributed by atoms with Crippen LogP contribution in [0.1, 0.15) is 18.1 Å². The van der Waals surface area contributed by atoms with Crippen molar-refractivity contribution >= 4 is 22.9 Å². The summed E-state index contributed by atoms with van der Waals surface area (Å²) in [5.74, 6) is -0.907. The fourth-order valence-corrected chi connectivity index (χ4v) is 3.24. The van der Waals surface area contributed by atoms with E-state index in [9.17, 15) is 13.6 Å². The van der Waals surface area contributed by atoms with Crippen LogP contribution in [0.4, 0.5) is 8.78 Å². The van der Waals surface area contributed by atoms with Gasteiger partial charge in [-0.25, -0.2) is 13.8 Å². The zero-order valence-electron chi connectivity index (χ0n) is 15.2. The number of nitrogens with one attached hydrogen (secondary N) is 1. The van der Waals surface area contributed by atoms with Crippen molar-refractivity contribution in [2.24, 2.45) is 5.10 Å². The second kappa shape index (κ2) is 6.92. The third kappa shape index (κ3) is 3.15. The second-order valence-corrected chi connectivity index (χ2v) is 6.45. The molecule has 0 saturated heterocycles. The van der Waals surface area contributed by atoms with Gasteiger partial charge in [0.2, 0.25) is 0 Å². The lowest BCUT2D eigenvalue weighted by molar-refractivity contribution is -0.128. The molecule has 0 aliphatic carbocycles. The molecule has 1 unspecified atom stereocenters. The molecule has 1 amide bonds. The number of amides is 1. The largest absolute Gasteiger partial charge is 0.497 e. The minimum Gasteiger partial charge on any atom is -0.497 e. The van der Waals surface area contributed by atoms with Crippen molar-refractivity contribution < 1.29 is 18.3 Å². The van der Waals surface area contributed by atoms with E-state index in [0.717, 1.165) is 11.6 Å². The monoisotopic (exact) mass is 381 g/mol. The quantitative estimate of drug-likeness (QED) is 0.885. The predicted octanol–water partition coefficient (Wildman–Crippen LogP) is 3.55. The van der Waals surface area contributed by atoms with E-state index in [4.69, 9.17) is 4.74 Å². The van der Waals surface area contributed by atoms with Crippen LogP contribution in [0.2, 0.25) is 0 Å². The van der Waals surface area contributed by atoms with Crippen molar-refractivity contribution in [3.8, 4) is 5.75 Å². The average molecular weight is 381 g/mol. The zero-order chi connectivity index (χ0) is 19.8. The number of methoxy groups -OCH3 is 1. The summed E-state index contributed by atoms with van der Waals surface area (Å²) >= 11 is 0. The molecule has 1 atom stereocenters. The Morgan fingerprint density at radius 3 is 2.57 bits per heavy atom. The summed E-state index contributed by atoms with van der Waals surface area (Å²) in [6.45, 7) is 1.68. The maximum absolute atomic E-state index is 14.3. The standard InChI is InChI=1S/C21H17F2N3O2/c1-12-17(16-8-5-14(22)9-18(16)23)10-20-24-19(11-21(27)26(20)25-12)13-3-6-15(28-2)7-4-13/h3-11,20,24H,1-2H3. The molecule has 7 heteroatoms. The van der Waals surface area contributed by atoms with Gasteiger partial charge in [0.05, 0.1) is 12.8 Å². The molecular weight excluding hydrogens is 364 g/mol. The summed E-state index contributed by atoms with van der Waals surface area (Å²) < 4.78 is 32.7. The molecule has 4 rings (SSSR count). The molecule has 0 saturated carbocycles. The number of nitrogens with zero attached hydrogens (tertiary/aromatic N) is 2. The Morgan fingerprint density at radius 1 is 1.14 bits per heavy atom. The number of ether oxygens (including phenoxy) is 1. The molecule has 2 aliphatic heterocycles. The van der Waals surface area contributed by atoms with E-state index in [1.54, 1.807) is 32.2 Å². The lowest BCUT2D eigenvalue weighted by Crippen LogP contribution is -2.49. The highest BCUT2D eigenvalue weighted by Gasteiger charge is 2.31. The van der Waals surface area contributed by atoms with E-state index < -0.39 is 17.8 Å². The lowest BCUT2D eigenvalue weighted by Gasteiger charge is -2.35. The highest BCUT2D eigenvalue weighted by molar-refractivity contribution is 6.23. The summed E-state index contributed by atoms with van der Waals surface area (Å²) in [6.07, 6.45) is 2.59. The van der Waals surface area contributed by atoms with Gasteiger partial charge in [-0.05, 0) is 55.0 Å². The van der Waals surface area contributed by atoms with Gasteiger partial charge < -0.3 is 10.1 Å². The van der Waals surface area contributed by atoms with Gasteiger partial charge in [-0.2, -0.15) is 5.10 Å². The zero-order valence-corrected chi connectivity index (χ0v) is 15.2. The Bertz CT molecular complexity index is 1040. The van der Waals surface area contributed by atoms with Gasteiger partial charge in [-0.3, -0.25) is 4.79 Å². The molecule has 2 aliphatic rings. The number of hydrazone groups is 1. The molecule has 0 spiro atoms. The van der Waals surface area contributed by atoms with Crippen LogP contribution in [-0.2, 0) is 4.79 Å². The fraction of sp³-hybridized carbons (Fsp3) is 0.143. The van der Waals surface area contributed by atoms with Crippen molar-refractivity contribution in [1.29, 1.82) is 0 Å². The van der Waals surface area contributed by atoms with Crippen LogP contribution < -0.4 is 10.1 Å². The first-order valence-electron chi connectivity index (χ1n) is 8.65. The van der Waals surface area contributed by atoms with Crippen LogP contribution in [0.3, 0.4) is 0 Å². The molecule has 0 aromatic heterocycles. The van der Waals surface area contributed by atoms with Crippen molar-refractivity contribution in [2.75, 3.05) is 7.11 Å². The molecule has 2 aromatic rings. The van der Waals surface area contributed by atoms with E-state index in [1.807, 2.05) is 12.1 Å². The van der Waals surface area contributed by atoms with Gasteiger partial charge in [-0.1, -0.05) is 0 Å². The van der Waals surface area contributed by atoms with Crippen LogP contribution in [0, 0.1) is 11.6 Å². The number of hydrogen-bond acceptors (Lipinski definition) is 4. The SMILES string of the molecule is COc1ccc(C2=CC(=O)N3N=C(C)C(c4ccc(F)cc4F)=CC3N2)cc1. The van der Waals surface area contributed by atoms with Crippen LogP contribution >= 0.6 is 0 Å². The number of fused-ring (bicyclic) bond motifs is 1. The predicted molar refractivity (Wildman–Crippen MR) is 102 cm³/mol. The lowest BCUT2D eigenvalue weighted by atomic mass is 9.98. The normalized spacial score (nSPS) is 18.6. The van der Waals surface area contributed by atoms with Gasteiger partial charge in [0.1, 0.15) is 23.5 Å². The molecule has 1 N–H and O–H groups in total. The maximum atomic E-state index is 14.3. The van der Waals surface area contributed by atoms with E-state index >= 15 is 0 Å². The average Bonchev–Trinajstić information content (AvgIpc) is 2.68. The van der Waals surface area contributed by atoms with Crippen molar-refractivity contribution in [3.63, 3.8) is 0 Å². The minimum absolute atomic E-state index is 0.233. The van der Waals surface area contributed by atoms with Crippen LogP contribution in [0.25, 0.3) is 11.3 Å². The molecule has 0 radical (unpaired) electrons. The van der Waals surface area contributed by atoms with Gasteiger partial charge in [0.15, 0.2) is 0 Å². The summed E-state index contributed by atoms with van der Waals surface area (Å²) in [4.78, 5) is 12.6. The molecule has 0 bridgehead atoms. The van der Waals surface area contributed by atoms with Crippen molar-refractivity contribution in [2.45, 2.75) is 13.1 Å². The van der Waals surface area contributed by atoms with E-state index in [-0.39, 0.29) is 11.5 Å². The number of benzene rings is 2. The Balaban J connectivity index is 1.69. The topological polar surface area (TPSA) is 53.9 Å². The van der Waals surface area contributed by atoms with Gasteiger partial charge in [0.25, 0.3) is 5.91 Å². The number of rotatable bonds is 3. The Hall–Kier alpha value is -3.48. The van der Waals surface area contributed by atoms with Crippen molar-refractivity contribution in [1.82, 2.24) is 10.3 Å². The number of allylic oxidation sites excluding steroid dienone is 1. The van der Waals surface area contributed by atoms with E-state index in [2.05, 4.69) is 10.4 Å². The fourth-order valence-electron chi connectivity index (χ4n) is 3.24. The van der Waals surface area contributed by atoms with Crippen LogP contribution in [-0.4, -0.2) is 29.9 Å². The first kappa shape index (κ1) is 17.9. The van der Waals surface area contributed by atoms with E-state index in [1.165, 1.54) is 23.2 Å². The third-order valence-electron chi connectivity index (χ3n) is 4.65. The Labute approximate surface area is 160 Å². The highest BCUT2D eigenvalue weighted by atomic mass is 19.1. The molecule has 142 valence electrons. The number of carbonyl (C=O) groups excluding carboxylic acids is 1. The number of hydrogen-bond donors (Lipinski definition) is 1. The molecule has 2 aromatic carbocycles. The smallest absolute Gasteiger partial charge is 0.271 e. The van der Waals surface area contributed by atoms with Gasteiger partial charge in [-0.15, -0.1) is 0 Å².